The third-order valence-corrected chi connectivity index (χ3v) is 6.46. The van der Waals surface area contributed by atoms with Crippen LogP contribution in [0.2, 0.25) is 0 Å². The normalized spacial score (nSPS) is 21.7. The Hall–Kier alpha value is -3.92. The molecule has 1 unspecified atom stereocenters. The second-order valence-electron chi connectivity index (χ2n) is 9.09. The van der Waals surface area contributed by atoms with Gasteiger partial charge >= 0.3 is 5.97 Å². The van der Waals surface area contributed by atoms with Crippen LogP contribution < -0.4 is 15.4 Å². The smallest absolute Gasteiger partial charge is 0.310 e. The van der Waals surface area contributed by atoms with Crippen molar-refractivity contribution in [2.75, 3.05) is 13.7 Å². The molecule has 2 aromatic carbocycles. The number of likely N-dealkylation sites (tertiary alicyclic amines) is 1. The second kappa shape index (κ2) is 11.9. The van der Waals surface area contributed by atoms with Crippen LogP contribution in [0.1, 0.15) is 42.1 Å². The molecule has 2 aromatic rings. The lowest BCUT2D eigenvalue weighted by Gasteiger charge is -2.28. The number of benzene rings is 2. The highest BCUT2D eigenvalue weighted by atomic mass is 16.7. The van der Waals surface area contributed by atoms with Gasteiger partial charge in [0.2, 0.25) is 18.1 Å². The first kappa shape index (κ1) is 26.2. The molecule has 0 aromatic heterocycles. The van der Waals surface area contributed by atoms with Crippen molar-refractivity contribution in [1.29, 1.82) is 0 Å². The van der Waals surface area contributed by atoms with Crippen LogP contribution in [0.15, 0.2) is 54.6 Å². The molecule has 0 bridgehead atoms. The van der Waals surface area contributed by atoms with E-state index in [1.165, 1.54) is 12.0 Å². The molecule has 2 fully saturated rings. The van der Waals surface area contributed by atoms with Gasteiger partial charge in [0.15, 0.2) is 0 Å². The Kier molecular flexibility index (Phi) is 8.39. The summed E-state index contributed by atoms with van der Waals surface area (Å²) in [6, 6.07) is 13.8. The van der Waals surface area contributed by atoms with Crippen LogP contribution in [0.25, 0.3) is 0 Å². The highest BCUT2D eigenvalue weighted by Crippen LogP contribution is 2.22. The Morgan fingerprint density at radius 2 is 1.84 bits per heavy atom. The third-order valence-electron chi connectivity index (χ3n) is 6.46. The second-order valence-corrected chi connectivity index (χ2v) is 9.09. The van der Waals surface area contributed by atoms with Crippen LogP contribution >= 0.6 is 0 Å². The van der Waals surface area contributed by atoms with E-state index < -0.39 is 36.3 Å². The molecule has 2 aliphatic rings. The number of hydrogen-bond donors (Lipinski definition) is 2. The number of methoxy groups -OCH3 is 1. The number of carbonyl (C=O) groups excluding carboxylic acids is 4. The lowest BCUT2D eigenvalue weighted by atomic mass is 10.1. The maximum Gasteiger partial charge on any atom is 0.310 e. The summed E-state index contributed by atoms with van der Waals surface area (Å²) >= 11 is 0. The quantitative estimate of drug-likeness (QED) is 0.494. The summed E-state index contributed by atoms with van der Waals surface area (Å²) in [5, 5.41) is 5.54. The lowest BCUT2D eigenvalue weighted by molar-refractivity contribution is -0.168. The van der Waals surface area contributed by atoms with E-state index in [9.17, 15) is 19.2 Å². The van der Waals surface area contributed by atoms with E-state index in [1.54, 1.807) is 31.2 Å². The molecule has 37 heavy (non-hydrogen) atoms. The van der Waals surface area contributed by atoms with Crippen molar-refractivity contribution in [2.24, 2.45) is 0 Å². The van der Waals surface area contributed by atoms with Crippen molar-refractivity contribution in [2.45, 2.75) is 57.2 Å². The number of nitrogens with one attached hydrogen (secondary N) is 2. The van der Waals surface area contributed by atoms with E-state index >= 15 is 0 Å². The van der Waals surface area contributed by atoms with Crippen LogP contribution in [-0.2, 0) is 30.5 Å². The van der Waals surface area contributed by atoms with Crippen LogP contribution in [0.3, 0.4) is 0 Å². The summed E-state index contributed by atoms with van der Waals surface area (Å²) in [7, 11) is 1.54. The third kappa shape index (κ3) is 6.45. The van der Waals surface area contributed by atoms with Crippen LogP contribution in [0, 0.1) is 0 Å². The molecule has 2 saturated heterocycles. The molecule has 196 valence electrons. The predicted octanol–water partition coefficient (Wildman–Crippen LogP) is 1.78. The van der Waals surface area contributed by atoms with Gasteiger partial charge in [-0.3, -0.25) is 19.2 Å². The minimum atomic E-state index is -0.912. The Morgan fingerprint density at radius 3 is 2.54 bits per heavy atom. The number of amides is 3. The Morgan fingerprint density at radius 1 is 1.11 bits per heavy atom. The average Bonchev–Trinajstić information content (AvgIpc) is 3.54. The summed E-state index contributed by atoms with van der Waals surface area (Å²) < 4.78 is 16.1. The fourth-order valence-corrected chi connectivity index (χ4v) is 4.47. The Balaban J connectivity index is 1.33. The van der Waals surface area contributed by atoms with Crippen LogP contribution in [0.5, 0.6) is 5.75 Å². The minimum Gasteiger partial charge on any atom is -0.497 e. The van der Waals surface area contributed by atoms with E-state index in [0.29, 0.717) is 30.7 Å². The summed E-state index contributed by atoms with van der Waals surface area (Å²) in [6.07, 6.45) is 0.204. The van der Waals surface area contributed by atoms with E-state index in [1.807, 2.05) is 30.3 Å². The van der Waals surface area contributed by atoms with Gasteiger partial charge in [0.25, 0.3) is 5.91 Å². The minimum absolute atomic E-state index is 0.0137. The van der Waals surface area contributed by atoms with Crippen molar-refractivity contribution in [1.82, 2.24) is 15.5 Å². The van der Waals surface area contributed by atoms with Crippen molar-refractivity contribution in [3.63, 3.8) is 0 Å². The van der Waals surface area contributed by atoms with Gasteiger partial charge < -0.3 is 29.7 Å². The van der Waals surface area contributed by atoms with Gasteiger partial charge in [-0.05, 0) is 49.6 Å². The summed E-state index contributed by atoms with van der Waals surface area (Å²) in [6.45, 7) is 2.21. The van der Waals surface area contributed by atoms with Crippen LogP contribution in [0.4, 0.5) is 0 Å². The van der Waals surface area contributed by atoms with E-state index in [-0.39, 0.29) is 24.8 Å². The molecule has 4 atom stereocenters. The van der Waals surface area contributed by atoms with Gasteiger partial charge in [0.05, 0.1) is 20.1 Å². The van der Waals surface area contributed by atoms with Gasteiger partial charge in [-0.25, -0.2) is 0 Å². The standard InChI is InChI=1S/C27H31N3O7/c1-17(28-24(32)19-10-12-20(35-2)13-11-19)26(34)30-14-6-9-22(30)25(33)29-21-15-23(31)37-27(21)36-16-18-7-4-3-5-8-18/h3-5,7-8,10-13,17,21-22,27H,6,9,14-16H2,1-2H3,(H,28,32)(H,29,33)/t17-,21-,22-,27?/m0/s1. The molecule has 4 rings (SSSR count). The first-order valence-corrected chi connectivity index (χ1v) is 12.3. The van der Waals surface area contributed by atoms with Crippen molar-refractivity contribution >= 4 is 23.7 Å². The topological polar surface area (TPSA) is 123 Å². The number of nitrogens with zero attached hydrogens (tertiary/aromatic N) is 1. The molecule has 2 heterocycles. The highest BCUT2D eigenvalue weighted by Gasteiger charge is 2.41. The Labute approximate surface area is 215 Å². The number of cyclic esters (lactones) is 1. The number of hydrogen-bond acceptors (Lipinski definition) is 7. The molecule has 2 N–H and O–H groups in total. The van der Waals surface area contributed by atoms with Crippen molar-refractivity contribution in [3.05, 3.63) is 65.7 Å². The summed E-state index contributed by atoms with van der Waals surface area (Å²) in [5.41, 5.74) is 1.30. The molecular weight excluding hydrogens is 478 g/mol. The lowest BCUT2D eigenvalue weighted by Crippen LogP contribution is -2.54. The molecule has 10 nitrogen and oxygen atoms in total. The molecular formula is C27H31N3O7. The van der Waals surface area contributed by atoms with Crippen molar-refractivity contribution < 1.29 is 33.4 Å². The molecule has 0 saturated carbocycles. The molecule has 2 aliphatic heterocycles. The van der Waals surface area contributed by atoms with Gasteiger partial charge in [0.1, 0.15) is 23.9 Å². The molecule has 0 aliphatic carbocycles. The van der Waals surface area contributed by atoms with E-state index in [0.717, 1.165) is 5.56 Å². The zero-order chi connectivity index (χ0) is 26.4. The number of ether oxygens (including phenoxy) is 3. The van der Waals surface area contributed by atoms with Gasteiger partial charge in [-0.1, -0.05) is 30.3 Å². The highest BCUT2D eigenvalue weighted by molar-refractivity contribution is 5.98. The number of carbonyl (C=O) groups is 4. The molecule has 10 heteroatoms. The first-order chi connectivity index (χ1) is 17.9. The molecule has 3 amide bonds. The number of rotatable bonds is 9. The van der Waals surface area contributed by atoms with E-state index in [4.69, 9.17) is 14.2 Å². The largest absolute Gasteiger partial charge is 0.497 e. The monoisotopic (exact) mass is 509 g/mol. The van der Waals surface area contributed by atoms with Crippen LogP contribution in [-0.4, -0.2) is 66.7 Å². The average molecular weight is 510 g/mol. The fraction of sp³-hybridized carbons (Fsp3) is 0.407. The fourth-order valence-electron chi connectivity index (χ4n) is 4.47. The van der Waals surface area contributed by atoms with Crippen molar-refractivity contribution in [3.8, 4) is 5.75 Å². The van der Waals surface area contributed by atoms with Gasteiger partial charge in [-0.15, -0.1) is 0 Å². The predicted molar refractivity (Wildman–Crippen MR) is 132 cm³/mol. The SMILES string of the molecule is COc1ccc(C(=O)N[C@@H](C)C(=O)N2CCC[C@H]2C(=O)N[C@H]2CC(=O)OC2OCc2ccccc2)cc1. The summed E-state index contributed by atoms with van der Waals surface area (Å²) in [5.74, 6) is -0.971. The van der Waals surface area contributed by atoms with Gasteiger partial charge in [0, 0.05) is 12.1 Å². The molecule has 0 spiro atoms. The Bertz CT molecular complexity index is 1120. The van der Waals surface area contributed by atoms with Gasteiger partial charge in [-0.2, -0.15) is 0 Å². The zero-order valence-electron chi connectivity index (χ0n) is 20.8. The molecule has 0 radical (unpaired) electrons. The number of esters is 1. The maximum atomic E-state index is 13.1. The summed E-state index contributed by atoms with van der Waals surface area (Å²) in [4.78, 5) is 52.3. The maximum absolute atomic E-state index is 13.1. The zero-order valence-corrected chi connectivity index (χ0v) is 20.8. The first-order valence-electron chi connectivity index (χ1n) is 12.3. The van der Waals surface area contributed by atoms with E-state index in [2.05, 4.69) is 10.6 Å².